The maximum absolute atomic E-state index is 12.2. The Kier molecular flexibility index (Phi) is 3.95. The number of nitrogens with zero attached hydrogens (tertiary/aromatic N) is 1. The van der Waals surface area contributed by atoms with Crippen LogP contribution in [0.25, 0.3) is 0 Å². The van der Waals surface area contributed by atoms with Crippen molar-refractivity contribution in [2.75, 3.05) is 19.6 Å². The molecule has 1 atom stereocenters. The first kappa shape index (κ1) is 12.3. The maximum Gasteiger partial charge on any atom is 0.166 e. The van der Waals surface area contributed by atoms with Gasteiger partial charge in [0, 0.05) is 18.0 Å². The second kappa shape index (κ2) is 5.46. The standard InChI is InChI=1S/C15H21NO/c1-12-5-7-14(8-6-12)15(17)13(2)11-16-9-3-4-10-16/h5-8,13H,3-4,9-11H2,1-2H3/t13-/m0/s1. The summed E-state index contributed by atoms with van der Waals surface area (Å²) in [5.74, 6) is 0.382. The third kappa shape index (κ3) is 3.16. The largest absolute Gasteiger partial charge is 0.303 e. The molecule has 0 radical (unpaired) electrons. The number of benzene rings is 1. The van der Waals surface area contributed by atoms with Crippen LogP contribution in [0.15, 0.2) is 24.3 Å². The fourth-order valence-electron chi connectivity index (χ4n) is 2.44. The molecule has 0 amide bonds. The highest BCUT2D eigenvalue weighted by molar-refractivity contribution is 5.97. The van der Waals surface area contributed by atoms with Gasteiger partial charge in [0.2, 0.25) is 0 Å². The monoisotopic (exact) mass is 231 g/mol. The van der Waals surface area contributed by atoms with E-state index in [1.54, 1.807) is 0 Å². The minimum absolute atomic E-state index is 0.107. The molecule has 0 aromatic heterocycles. The number of carbonyl (C=O) groups excluding carboxylic acids is 1. The van der Waals surface area contributed by atoms with Crippen molar-refractivity contribution in [1.82, 2.24) is 4.90 Å². The van der Waals surface area contributed by atoms with E-state index in [1.165, 1.54) is 18.4 Å². The van der Waals surface area contributed by atoms with Gasteiger partial charge in [0.25, 0.3) is 0 Å². The van der Waals surface area contributed by atoms with E-state index < -0.39 is 0 Å². The van der Waals surface area contributed by atoms with Crippen molar-refractivity contribution >= 4 is 5.78 Å². The topological polar surface area (TPSA) is 20.3 Å². The van der Waals surface area contributed by atoms with Gasteiger partial charge in [0.05, 0.1) is 0 Å². The Hall–Kier alpha value is -1.15. The van der Waals surface area contributed by atoms with Gasteiger partial charge in [0.15, 0.2) is 5.78 Å². The molecule has 1 aliphatic rings. The summed E-state index contributed by atoms with van der Waals surface area (Å²) in [6, 6.07) is 7.90. The predicted molar refractivity (Wildman–Crippen MR) is 70.3 cm³/mol. The van der Waals surface area contributed by atoms with Crippen LogP contribution in [-0.2, 0) is 0 Å². The Morgan fingerprint density at radius 3 is 2.41 bits per heavy atom. The van der Waals surface area contributed by atoms with E-state index in [0.29, 0.717) is 0 Å². The van der Waals surface area contributed by atoms with Crippen molar-refractivity contribution in [3.05, 3.63) is 35.4 Å². The molecule has 2 rings (SSSR count). The quantitative estimate of drug-likeness (QED) is 0.743. The second-order valence-corrected chi connectivity index (χ2v) is 5.14. The van der Waals surface area contributed by atoms with Gasteiger partial charge in [0.1, 0.15) is 0 Å². The van der Waals surface area contributed by atoms with Crippen LogP contribution in [-0.4, -0.2) is 30.3 Å². The number of Topliss-reactive ketones (excluding diaryl/α,β-unsaturated/α-hetero) is 1. The van der Waals surface area contributed by atoms with Crippen LogP contribution in [0.4, 0.5) is 0 Å². The van der Waals surface area contributed by atoms with Crippen LogP contribution in [0.2, 0.25) is 0 Å². The molecular formula is C15H21NO. The van der Waals surface area contributed by atoms with Gasteiger partial charge < -0.3 is 4.90 Å². The summed E-state index contributed by atoms with van der Waals surface area (Å²) in [5.41, 5.74) is 2.05. The van der Waals surface area contributed by atoms with Crippen molar-refractivity contribution in [2.24, 2.45) is 5.92 Å². The third-order valence-electron chi connectivity index (χ3n) is 3.51. The van der Waals surface area contributed by atoms with Gasteiger partial charge in [-0.25, -0.2) is 0 Å². The molecule has 1 aliphatic heterocycles. The Morgan fingerprint density at radius 1 is 1.24 bits per heavy atom. The highest BCUT2D eigenvalue weighted by Gasteiger charge is 2.20. The van der Waals surface area contributed by atoms with Crippen molar-refractivity contribution in [2.45, 2.75) is 26.7 Å². The molecule has 2 heteroatoms. The molecule has 1 saturated heterocycles. The average molecular weight is 231 g/mol. The van der Waals surface area contributed by atoms with Crippen LogP contribution in [0, 0.1) is 12.8 Å². The molecule has 0 bridgehead atoms. The molecule has 0 saturated carbocycles. The number of rotatable bonds is 4. The fourth-order valence-corrected chi connectivity index (χ4v) is 2.44. The summed E-state index contributed by atoms with van der Waals surface area (Å²) >= 11 is 0. The second-order valence-electron chi connectivity index (χ2n) is 5.14. The first-order chi connectivity index (χ1) is 8.16. The van der Waals surface area contributed by atoms with Crippen LogP contribution in [0.1, 0.15) is 35.7 Å². The van der Waals surface area contributed by atoms with Gasteiger partial charge in [-0.15, -0.1) is 0 Å². The summed E-state index contributed by atoms with van der Waals surface area (Å²) in [4.78, 5) is 14.6. The molecule has 0 N–H and O–H groups in total. The van der Waals surface area contributed by atoms with Crippen molar-refractivity contribution in [1.29, 1.82) is 0 Å². The number of carbonyl (C=O) groups is 1. The Morgan fingerprint density at radius 2 is 1.82 bits per heavy atom. The van der Waals surface area contributed by atoms with E-state index in [4.69, 9.17) is 0 Å². The lowest BCUT2D eigenvalue weighted by molar-refractivity contribution is 0.0903. The lowest BCUT2D eigenvalue weighted by Gasteiger charge is -2.19. The van der Waals surface area contributed by atoms with E-state index in [9.17, 15) is 4.79 Å². The molecule has 0 aliphatic carbocycles. The molecule has 2 nitrogen and oxygen atoms in total. The number of hydrogen-bond acceptors (Lipinski definition) is 2. The normalized spacial score (nSPS) is 18.2. The van der Waals surface area contributed by atoms with Crippen LogP contribution in [0.3, 0.4) is 0 Å². The molecule has 17 heavy (non-hydrogen) atoms. The molecule has 1 aromatic rings. The van der Waals surface area contributed by atoms with Crippen LogP contribution < -0.4 is 0 Å². The number of hydrogen-bond donors (Lipinski definition) is 0. The van der Waals surface area contributed by atoms with Gasteiger partial charge in [-0.3, -0.25) is 4.79 Å². The summed E-state index contributed by atoms with van der Waals surface area (Å²) in [6.45, 7) is 7.31. The lowest BCUT2D eigenvalue weighted by atomic mass is 9.98. The number of likely N-dealkylation sites (tertiary alicyclic amines) is 1. The van der Waals surface area contributed by atoms with Crippen molar-refractivity contribution in [3.8, 4) is 0 Å². The smallest absolute Gasteiger partial charge is 0.166 e. The fraction of sp³-hybridized carbons (Fsp3) is 0.533. The van der Waals surface area contributed by atoms with Crippen molar-refractivity contribution < 1.29 is 4.79 Å². The Labute approximate surface area is 104 Å². The Balaban J connectivity index is 1.96. The molecule has 0 spiro atoms. The number of ketones is 1. The summed E-state index contributed by atoms with van der Waals surface area (Å²) in [6.07, 6.45) is 2.57. The SMILES string of the molecule is Cc1ccc(C(=O)[C@@H](C)CN2CCCC2)cc1. The summed E-state index contributed by atoms with van der Waals surface area (Å²) < 4.78 is 0. The zero-order valence-electron chi connectivity index (χ0n) is 10.8. The van der Waals surface area contributed by atoms with Gasteiger partial charge in [-0.2, -0.15) is 0 Å². The third-order valence-corrected chi connectivity index (χ3v) is 3.51. The van der Waals surface area contributed by atoms with E-state index >= 15 is 0 Å². The Bertz CT molecular complexity index is 376. The zero-order chi connectivity index (χ0) is 12.3. The summed E-state index contributed by atoms with van der Waals surface area (Å²) in [7, 11) is 0. The molecule has 1 fully saturated rings. The lowest BCUT2D eigenvalue weighted by Crippen LogP contribution is -2.29. The van der Waals surface area contributed by atoms with Gasteiger partial charge in [-0.1, -0.05) is 36.8 Å². The van der Waals surface area contributed by atoms with Gasteiger partial charge >= 0.3 is 0 Å². The predicted octanol–water partition coefficient (Wildman–Crippen LogP) is 2.91. The van der Waals surface area contributed by atoms with Gasteiger partial charge in [-0.05, 0) is 32.9 Å². The minimum Gasteiger partial charge on any atom is -0.303 e. The highest BCUT2D eigenvalue weighted by atomic mass is 16.1. The first-order valence-electron chi connectivity index (χ1n) is 6.50. The molecule has 92 valence electrons. The van der Waals surface area contributed by atoms with Crippen LogP contribution in [0.5, 0.6) is 0 Å². The van der Waals surface area contributed by atoms with E-state index in [0.717, 1.165) is 25.2 Å². The van der Waals surface area contributed by atoms with E-state index in [2.05, 4.69) is 4.90 Å². The van der Waals surface area contributed by atoms with Crippen molar-refractivity contribution in [3.63, 3.8) is 0 Å². The van der Waals surface area contributed by atoms with Crippen LogP contribution >= 0.6 is 0 Å². The maximum atomic E-state index is 12.2. The van der Waals surface area contributed by atoms with E-state index in [-0.39, 0.29) is 11.7 Å². The highest BCUT2D eigenvalue weighted by Crippen LogP contribution is 2.14. The first-order valence-corrected chi connectivity index (χ1v) is 6.50. The zero-order valence-corrected chi connectivity index (χ0v) is 10.8. The van der Waals surface area contributed by atoms with E-state index in [1.807, 2.05) is 38.1 Å². The average Bonchev–Trinajstić information content (AvgIpc) is 2.82. The minimum atomic E-state index is 0.107. The number of aryl methyl sites for hydroxylation is 1. The molecular weight excluding hydrogens is 210 g/mol. The molecule has 1 aromatic carbocycles. The molecule has 0 unspecified atom stereocenters. The molecule has 1 heterocycles. The summed E-state index contributed by atoms with van der Waals surface area (Å²) in [5, 5.41) is 0.